The molecule has 0 bridgehead atoms. The molecular weight excluding hydrogens is 497 g/mol. The van der Waals surface area contributed by atoms with Crippen molar-refractivity contribution in [2.75, 3.05) is 23.8 Å². The number of carbonyl (C=O) groups is 1. The van der Waals surface area contributed by atoms with Crippen LogP contribution < -0.4 is 19.5 Å². The summed E-state index contributed by atoms with van der Waals surface area (Å²) in [6.45, 7) is -0.582. The Bertz CT molecular complexity index is 1280. The predicted octanol–water partition coefficient (Wildman–Crippen LogP) is 5.19. The van der Waals surface area contributed by atoms with Gasteiger partial charge in [0.25, 0.3) is 15.9 Å². The highest BCUT2D eigenvalue weighted by Gasteiger charge is 2.33. The van der Waals surface area contributed by atoms with E-state index in [1.807, 2.05) is 0 Å². The number of anilines is 2. The van der Waals surface area contributed by atoms with Gasteiger partial charge in [0.1, 0.15) is 11.5 Å². The molecule has 180 valence electrons. The number of ether oxygens (including phenoxy) is 2. The second-order valence-electron chi connectivity index (χ2n) is 6.81. The van der Waals surface area contributed by atoms with Gasteiger partial charge >= 0.3 is 6.18 Å². The minimum Gasteiger partial charge on any atom is -0.495 e. The van der Waals surface area contributed by atoms with Crippen molar-refractivity contribution in [2.24, 2.45) is 0 Å². The number of methoxy groups -OCH3 is 1. The lowest BCUT2D eigenvalue weighted by molar-refractivity contribution is -0.137. The van der Waals surface area contributed by atoms with Gasteiger partial charge < -0.3 is 14.8 Å². The molecule has 0 atom stereocenters. The molecule has 3 rings (SSSR count). The summed E-state index contributed by atoms with van der Waals surface area (Å²) in [6, 6.07) is 14.1. The number of alkyl halides is 3. The third-order valence-corrected chi connectivity index (χ3v) is 6.11. The molecule has 0 spiro atoms. The summed E-state index contributed by atoms with van der Waals surface area (Å²) in [7, 11) is -2.52. The van der Waals surface area contributed by atoms with Gasteiger partial charge in [-0.25, -0.2) is 8.42 Å². The first-order valence-corrected chi connectivity index (χ1v) is 11.4. The summed E-state index contributed by atoms with van der Waals surface area (Å²) < 4.78 is 76.9. The third kappa shape index (κ3) is 6.33. The summed E-state index contributed by atoms with van der Waals surface area (Å²) in [4.78, 5) is 12.0. The largest absolute Gasteiger partial charge is 0.495 e. The summed E-state index contributed by atoms with van der Waals surface area (Å²) in [5.41, 5.74) is -1.15. The number of halogens is 4. The van der Waals surface area contributed by atoms with Crippen LogP contribution in [0, 0.1) is 0 Å². The molecule has 0 unspecified atom stereocenters. The molecule has 0 heterocycles. The average molecular weight is 515 g/mol. The predicted molar refractivity (Wildman–Crippen MR) is 121 cm³/mol. The number of rotatable bonds is 8. The number of hydrogen-bond acceptors (Lipinski definition) is 5. The molecule has 3 aromatic rings. The molecule has 3 aromatic carbocycles. The Kier molecular flexibility index (Phi) is 7.57. The second kappa shape index (κ2) is 10.2. The number of sulfonamides is 1. The third-order valence-electron chi connectivity index (χ3n) is 4.41. The molecule has 0 aliphatic carbocycles. The lowest BCUT2D eigenvalue weighted by Gasteiger charge is -2.14. The van der Waals surface area contributed by atoms with Crippen molar-refractivity contribution < 1.29 is 35.9 Å². The van der Waals surface area contributed by atoms with Crippen molar-refractivity contribution in [3.05, 3.63) is 77.3 Å². The van der Waals surface area contributed by atoms with Crippen LogP contribution in [0.3, 0.4) is 0 Å². The van der Waals surface area contributed by atoms with Gasteiger partial charge in [-0.3, -0.25) is 9.52 Å². The first-order valence-electron chi connectivity index (χ1n) is 9.55. The van der Waals surface area contributed by atoms with Crippen LogP contribution in [0.25, 0.3) is 0 Å². The summed E-state index contributed by atoms with van der Waals surface area (Å²) in [5, 5.41) is 2.38. The Labute approximate surface area is 198 Å². The van der Waals surface area contributed by atoms with E-state index in [-0.39, 0.29) is 21.4 Å². The fourth-order valence-electron chi connectivity index (χ4n) is 2.83. The monoisotopic (exact) mass is 514 g/mol. The normalized spacial score (nSPS) is 11.6. The smallest absolute Gasteiger partial charge is 0.418 e. The van der Waals surface area contributed by atoms with Crippen molar-refractivity contribution in [1.82, 2.24) is 0 Å². The fraction of sp³-hybridized carbons (Fsp3) is 0.136. The summed E-state index contributed by atoms with van der Waals surface area (Å²) in [6.07, 6.45) is -4.63. The molecule has 0 aliphatic rings. The van der Waals surface area contributed by atoms with E-state index in [1.165, 1.54) is 61.7 Å². The number of benzene rings is 3. The molecule has 0 fully saturated rings. The molecule has 1 amide bonds. The van der Waals surface area contributed by atoms with E-state index in [9.17, 15) is 26.4 Å². The zero-order valence-corrected chi connectivity index (χ0v) is 19.1. The maximum Gasteiger partial charge on any atom is 0.418 e. The molecule has 0 saturated carbocycles. The molecule has 0 radical (unpaired) electrons. The highest BCUT2D eigenvalue weighted by atomic mass is 35.5. The minimum absolute atomic E-state index is 0.0876. The highest BCUT2D eigenvalue weighted by Crippen LogP contribution is 2.34. The van der Waals surface area contributed by atoms with Crippen molar-refractivity contribution in [1.29, 1.82) is 0 Å². The van der Waals surface area contributed by atoms with Crippen LogP contribution in [0.1, 0.15) is 5.56 Å². The molecule has 0 saturated heterocycles. The Morgan fingerprint density at radius 3 is 2.32 bits per heavy atom. The summed E-state index contributed by atoms with van der Waals surface area (Å²) >= 11 is 6.00. The fourth-order valence-corrected chi connectivity index (χ4v) is 4.14. The molecular formula is C22H18ClF3N2O5S. The van der Waals surface area contributed by atoms with Crippen molar-refractivity contribution >= 4 is 38.9 Å². The quantitative estimate of drug-likeness (QED) is 0.432. The van der Waals surface area contributed by atoms with Crippen molar-refractivity contribution in [3.8, 4) is 11.5 Å². The van der Waals surface area contributed by atoms with E-state index in [0.29, 0.717) is 5.75 Å². The van der Waals surface area contributed by atoms with Gasteiger partial charge in [0.2, 0.25) is 0 Å². The van der Waals surface area contributed by atoms with Crippen LogP contribution >= 0.6 is 11.6 Å². The van der Waals surface area contributed by atoms with E-state index < -0.39 is 40.0 Å². The number of para-hydroxylation sites is 1. The zero-order valence-electron chi connectivity index (χ0n) is 17.5. The van der Waals surface area contributed by atoms with Gasteiger partial charge in [0.15, 0.2) is 6.61 Å². The first kappa shape index (κ1) is 25.2. The second-order valence-corrected chi connectivity index (χ2v) is 8.90. The highest BCUT2D eigenvalue weighted by molar-refractivity contribution is 7.92. The van der Waals surface area contributed by atoms with E-state index in [0.717, 1.165) is 12.1 Å². The van der Waals surface area contributed by atoms with Crippen LogP contribution in [0.2, 0.25) is 5.02 Å². The Morgan fingerprint density at radius 2 is 1.71 bits per heavy atom. The minimum atomic E-state index is -4.63. The number of amides is 1. The number of hydrogen-bond donors (Lipinski definition) is 2. The molecule has 7 nitrogen and oxygen atoms in total. The first-order chi connectivity index (χ1) is 16.0. The Balaban J connectivity index is 1.61. The van der Waals surface area contributed by atoms with Crippen LogP contribution in [-0.2, 0) is 21.0 Å². The van der Waals surface area contributed by atoms with Crippen molar-refractivity contribution in [2.45, 2.75) is 11.1 Å². The van der Waals surface area contributed by atoms with E-state index in [1.54, 1.807) is 0 Å². The average Bonchev–Trinajstić information content (AvgIpc) is 2.77. The van der Waals surface area contributed by atoms with Gasteiger partial charge in [0, 0.05) is 0 Å². The summed E-state index contributed by atoms with van der Waals surface area (Å²) in [5.74, 6) is -0.283. The SMILES string of the molecule is COc1ccc(NS(=O)(=O)c2ccc(OCC(=O)Nc3ccccc3C(F)(F)F)cc2)cc1Cl. The lowest BCUT2D eigenvalue weighted by atomic mass is 10.1. The molecule has 0 aliphatic heterocycles. The lowest BCUT2D eigenvalue weighted by Crippen LogP contribution is -2.22. The number of nitrogens with one attached hydrogen (secondary N) is 2. The van der Waals surface area contributed by atoms with Gasteiger partial charge in [-0.15, -0.1) is 0 Å². The molecule has 12 heteroatoms. The van der Waals surface area contributed by atoms with Gasteiger partial charge in [-0.1, -0.05) is 23.7 Å². The maximum atomic E-state index is 13.0. The van der Waals surface area contributed by atoms with Gasteiger partial charge in [0.05, 0.1) is 34.0 Å². The van der Waals surface area contributed by atoms with E-state index in [4.69, 9.17) is 21.1 Å². The van der Waals surface area contributed by atoms with Crippen LogP contribution in [-0.4, -0.2) is 28.0 Å². The maximum absolute atomic E-state index is 13.0. The molecule has 0 aromatic heterocycles. The number of carbonyl (C=O) groups excluding carboxylic acids is 1. The molecule has 34 heavy (non-hydrogen) atoms. The van der Waals surface area contributed by atoms with Crippen LogP contribution in [0.15, 0.2) is 71.6 Å². The molecule has 2 N–H and O–H groups in total. The van der Waals surface area contributed by atoms with Crippen molar-refractivity contribution in [3.63, 3.8) is 0 Å². The zero-order chi connectivity index (χ0) is 24.9. The van der Waals surface area contributed by atoms with Gasteiger partial charge in [-0.05, 0) is 54.6 Å². The Hall–Kier alpha value is -3.44. The van der Waals surface area contributed by atoms with Gasteiger partial charge in [-0.2, -0.15) is 13.2 Å². The topological polar surface area (TPSA) is 93.7 Å². The van der Waals surface area contributed by atoms with E-state index >= 15 is 0 Å². The standard InChI is InChI=1S/C22H18ClF3N2O5S/c1-32-20-11-6-14(12-18(20)23)28-34(30,31)16-9-7-15(8-10-16)33-13-21(29)27-19-5-3-2-4-17(19)22(24,25)26/h2-12,28H,13H2,1H3,(H,27,29). The van der Waals surface area contributed by atoms with Crippen LogP contribution in [0.4, 0.5) is 24.5 Å². The van der Waals surface area contributed by atoms with Crippen LogP contribution in [0.5, 0.6) is 11.5 Å². The van der Waals surface area contributed by atoms with E-state index in [2.05, 4.69) is 10.0 Å². The Morgan fingerprint density at radius 1 is 1.03 bits per heavy atom.